The number of ether oxygens (including phenoxy) is 1. The summed E-state index contributed by atoms with van der Waals surface area (Å²) < 4.78 is 32.3. The number of carbonyl (C=O) groups excluding carboxylic acids is 1. The summed E-state index contributed by atoms with van der Waals surface area (Å²) in [5, 5.41) is 2.90. The van der Waals surface area contributed by atoms with E-state index in [0.29, 0.717) is 11.3 Å². The quantitative estimate of drug-likeness (QED) is 0.780. The summed E-state index contributed by atoms with van der Waals surface area (Å²) in [6, 6.07) is 13.2. The summed E-state index contributed by atoms with van der Waals surface area (Å²) in [7, 11) is -1.93. The Kier molecular flexibility index (Phi) is 5.29. The second-order valence-electron chi connectivity index (χ2n) is 6.36. The lowest BCUT2D eigenvalue weighted by molar-refractivity contribution is 0.0939. The van der Waals surface area contributed by atoms with Gasteiger partial charge in [-0.3, -0.25) is 4.79 Å². The second-order valence-corrected chi connectivity index (χ2v) is 8.07. The topological polar surface area (TPSA) is 84.5 Å². The van der Waals surface area contributed by atoms with Gasteiger partial charge in [0.15, 0.2) is 0 Å². The van der Waals surface area contributed by atoms with E-state index < -0.39 is 10.0 Å². The Morgan fingerprint density at radius 2 is 1.77 bits per heavy atom. The van der Waals surface area contributed by atoms with Crippen molar-refractivity contribution >= 4 is 15.9 Å². The zero-order valence-electron chi connectivity index (χ0n) is 14.7. The number of methoxy groups -OCH3 is 1. The molecule has 0 aromatic heterocycles. The summed E-state index contributed by atoms with van der Waals surface area (Å²) in [6.07, 6.45) is 1.75. The molecule has 1 atom stereocenters. The molecule has 2 aromatic rings. The number of para-hydroxylation sites is 1. The molecule has 1 amide bonds. The molecule has 1 aliphatic carbocycles. The normalized spacial score (nSPS) is 15.3. The van der Waals surface area contributed by atoms with Gasteiger partial charge in [-0.2, -0.15) is 0 Å². The fraction of sp³-hybridized carbons (Fsp3) is 0.316. The molecule has 0 bridgehead atoms. The summed E-state index contributed by atoms with van der Waals surface area (Å²) in [5.74, 6) is 0.426. The van der Waals surface area contributed by atoms with Crippen LogP contribution in [0.5, 0.6) is 5.75 Å². The van der Waals surface area contributed by atoms with Crippen LogP contribution in [0.15, 0.2) is 53.4 Å². The monoisotopic (exact) mass is 374 g/mol. The Hall–Kier alpha value is -2.38. The minimum Gasteiger partial charge on any atom is -0.496 e. The van der Waals surface area contributed by atoms with E-state index in [2.05, 4.69) is 10.0 Å². The smallest absolute Gasteiger partial charge is 0.251 e. The minimum absolute atomic E-state index is 0.0460. The molecule has 2 aromatic carbocycles. The number of sulfonamides is 1. The number of benzene rings is 2. The molecule has 2 N–H and O–H groups in total. The van der Waals surface area contributed by atoms with Gasteiger partial charge in [0, 0.05) is 17.2 Å². The van der Waals surface area contributed by atoms with Crippen LogP contribution in [0.1, 0.15) is 41.7 Å². The van der Waals surface area contributed by atoms with E-state index in [1.54, 1.807) is 7.11 Å². The SMILES string of the molecule is COc1ccccc1[C@H](C)NC(=O)c1ccc(S(=O)(=O)NC2CC2)cc1. The molecule has 138 valence electrons. The molecule has 7 heteroatoms. The summed E-state index contributed by atoms with van der Waals surface area (Å²) in [5.41, 5.74) is 1.27. The van der Waals surface area contributed by atoms with Crippen molar-refractivity contribution in [2.75, 3.05) is 7.11 Å². The van der Waals surface area contributed by atoms with Crippen molar-refractivity contribution in [3.8, 4) is 5.75 Å². The van der Waals surface area contributed by atoms with E-state index in [4.69, 9.17) is 4.74 Å². The Balaban J connectivity index is 1.70. The Morgan fingerprint density at radius 1 is 1.12 bits per heavy atom. The number of rotatable bonds is 7. The summed E-state index contributed by atoms with van der Waals surface area (Å²) in [4.78, 5) is 12.6. The second kappa shape index (κ2) is 7.47. The van der Waals surface area contributed by atoms with Crippen LogP contribution in [-0.2, 0) is 10.0 Å². The average Bonchev–Trinajstić information content (AvgIpc) is 3.45. The van der Waals surface area contributed by atoms with Gasteiger partial charge in [-0.15, -0.1) is 0 Å². The number of hydrogen-bond acceptors (Lipinski definition) is 4. The third-order valence-corrected chi connectivity index (χ3v) is 5.82. The molecular weight excluding hydrogens is 352 g/mol. The lowest BCUT2D eigenvalue weighted by Crippen LogP contribution is -2.27. The summed E-state index contributed by atoms with van der Waals surface area (Å²) in [6.45, 7) is 1.87. The Bertz CT molecular complexity index is 890. The zero-order valence-corrected chi connectivity index (χ0v) is 15.5. The third kappa shape index (κ3) is 4.23. The van der Waals surface area contributed by atoms with E-state index in [-0.39, 0.29) is 22.9 Å². The molecule has 3 rings (SSSR count). The van der Waals surface area contributed by atoms with Crippen molar-refractivity contribution in [3.63, 3.8) is 0 Å². The largest absolute Gasteiger partial charge is 0.496 e. The lowest BCUT2D eigenvalue weighted by atomic mass is 10.1. The Morgan fingerprint density at radius 3 is 2.38 bits per heavy atom. The highest BCUT2D eigenvalue weighted by atomic mass is 32.2. The molecule has 1 fully saturated rings. The molecular formula is C19H22N2O4S. The molecule has 1 aliphatic rings. The first-order valence-corrected chi connectivity index (χ1v) is 9.95. The molecule has 26 heavy (non-hydrogen) atoms. The molecule has 0 radical (unpaired) electrons. The molecule has 0 aliphatic heterocycles. The highest BCUT2D eigenvalue weighted by Gasteiger charge is 2.28. The first kappa shape index (κ1) is 18.4. The van der Waals surface area contributed by atoms with Gasteiger partial charge in [0.05, 0.1) is 18.0 Å². The molecule has 0 spiro atoms. The van der Waals surface area contributed by atoms with Crippen molar-refractivity contribution in [2.24, 2.45) is 0 Å². The number of amides is 1. The van der Waals surface area contributed by atoms with Crippen LogP contribution in [0.3, 0.4) is 0 Å². The lowest BCUT2D eigenvalue weighted by Gasteiger charge is -2.17. The number of carbonyl (C=O) groups is 1. The van der Waals surface area contributed by atoms with Crippen molar-refractivity contribution in [2.45, 2.75) is 36.7 Å². The minimum atomic E-state index is -3.51. The standard InChI is InChI=1S/C19H22N2O4S/c1-13(17-5-3-4-6-18(17)25-2)20-19(22)14-7-11-16(12-8-14)26(23,24)21-15-9-10-15/h3-8,11-13,15,21H,9-10H2,1-2H3,(H,20,22)/t13-/m0/s1. The highest BCUT2D eigenvalue weighted by molar-refractivity contribution is 7.89. The van der Waals surface area contributed by atoms with Crippen molar-refractivity contribution in [1.29, 1.82) is 0 Å². The van der Waals surface area contributed by atoms with Gasteiger partial charge in [0.25, 0.3) is 5.91 Å². The van der Waals surface area contributed by atoms with E-state index in [1.807, 2.05) is 31.2 Å². The first-order chi connectivity index (χ1) is 12.4. The van der Waals surface area contributed by atoms with Gasteiger partial charge in [0.1, 0.15) is 5.75 Å². The van der Waals surface area contributed by atoms with Crippen LogP contribution in [0.25, 0.3) is 0 Å². The van der Waals surface area contributed by atoms with Crippen molar-refractivity contribution < 1.29 is 17.9 Å². The molecule has 0 unspecified atom stereocenters. The van der Waals surface area contributed by atoms with Crippen LogP contribution in [-0.4, -0.2) is 27.5 Å². The van der Waals surface area contributed by atoms with Gasteiger partial charge in [-0.05, 0) is 50.1 Å². The fourth-order valence-electron chi connectivity index (χ4n) is 2.66. The van der Waals surface area contributed by atoms with E-state index in [0.717, 1.165) is 18.4 Å². The fourth-order valence-corrected chi connectivity index (χ4v) is 3.96. The van der Waals surface area contributed by atoms with Gasteiger partial charge < -0.3 is 10.1 Å². The van der Waals surface area contributed by atoms with Crippen LogP contribution < -0.4 is 14.8 Å². The van der Waals surface area contributed by atoms with Gasteiger partial charge >= 0.3 is 0 Å². The van der Waals surface area contributed by atoms with E-state index in [1.165, 1.54) is 24.3 Å². The van der Waals surface area contributed by atoms with Crippen LogP contribution in [0, 0.1) is 0 Å². The summed E-state index contributed by atoms with van der Waals surface area (Å²) >= 11 is 0. The molecule has 1 saturated carbocycles. The number of nitrogens with one attached hydrogen (secondary N) is 2. The van der Waals surface area contributed by atoms with Crippen LogP contribution in [0.2, 0.25) is 0 Å². The van der Waals surface area contributed by atoms with Gasteiger partial charge in [0.2, 0.25) is 10.0 Å². The van der Waals surface area contributed by atoms with Crippen molar-refractivity contribution in [1.82, 2.24) is 10.0 Å². The van der Waals surface area contributed by atoms with Crippen LogP contribution in [0.4, 0.5) is 0 Å². The van der Waals surface area contributed by atoms with Crippen molar-refractivity contribution in [3.05, 3.63) is 59.7 Å². The average molecular weight is 374 g/mol. The number of hydrogen-bond donors (Lipinski definition) is 2. The maximum Gasteiger partial charge on any atom is 0.251 e. The zero-order chi connectivity index (χ0) is 18.7. The molecule has 0 saturated heterocycles. The van der Waals surface area contributed by atoms with E-state index >= 15 is 0 Å². The third-order valence-electron chi connectivity index (χ3n) is 4.28. The van der Waals surface area contributed by atoms with Crippen LogP contribution >= 0.6 is 0 Å². The Labute approximate surface area is 153 Å². The van der Waals surface area contributed by atoms with Gasteiger partial charge in [-0.1, -0.05) is 18.2 Å². The predicted octanol–water partition coefficient (Wildman–Crippen LogP) is 2.63. The maximum absolute atomic E-state index is 12.5. The predicted molar refractivity (Wildman–Crippen MR) is 98.7 cm³/mol. The first-order valence-electron chi connectivity index (χ1n) is 8.47. The maximum atomic E-state index is 12.5. The van der Waals surface area contributed by atoms with Gasteiger partial charge in [-0.25, -0.2) is 13.1 Å². The van der Waals surface area contributed by atoms with E-state index in [9.17, 15) is 13.2 Å². The molecule has 0 heterocycles. The molecule has 6 nitrogen and oxygen atoms in total. The highest BCUT2D eigenvalue weighted by Crippen LogP contribution is 2.25.